The molecule has 2 saturated heterocycles. The molecule has 1 N–H and O–H groups in total. The summed E-state index contributed by atoms with van der Waals surface area (Å²) in [5, 5.41) is 4.42. The molecular weight excluding hydrogens is 433 g/mol. The van der Waals surface area contributed by atoms with Crippen LogP contribution in [-0.4, -0.2) is 53.3 Å². The van der Waals surface area contributed by atoms with Crippen molar-refractivity contribution in [3.63, 3.8) is 0 Å². The van der Waals surface area contributed by atoms with E-state index >= 15 is 0 Å². The van der Waals surface area contributed by atoms with Gasteiger partial charge >= 0.3 is 0 Å². The second-order valence-corrected chi connectivity index (χ2v) is 9.46. The molecule has 2 bridgehead atoms. The molecule has 0 unspecified atom stereocenters. The van der Waals surface area contributed by atoms with Crippen molar-refractivity contribution in [1.82, 2.24) is 15.1 Å². The number of halogens is 2. The first-order valence-corrected chi connectivity index (χ1v) is 11.4. The van der Waals surface area contributed by atoms with Crippen LogP contribution < -0.4 is 5.32 Å². The molecule has 2 aliphatic heterocycles. The quantitative estimate of drug-likeness (QED) is 0.697. The van der Waals surface area contributed by atoms with E-state index in [9.17, 15) is 9.59 Å². The van der Waals surface area contributed by atoms with Gasteiger partial charge in [-0.1, -0.05) is 41.4 Å². The standard InChI is InChI=1S/C24H27Cl2N3O2/c1-28(24(31)17-3-2-4-19(26)11-17)15-23(30)27-20-12-21-9-10-22(13-20)29(21)14-16-5-7-18(25)8-6-16/h2-8,11,20-22H,9-10,12-15H2,1H3,(H,27,30)/t21-,22-/m0/s1. The first kappa shape index (κ1) is 22.1. The summed E-state index contributed by atoms with van der Waals surface area (Å²) in [5.41, 5.74) is 1.75. The fourth-order valence-corrected chi connectivity index (χ4v) is 5.17. The molecule has 4 rings (SSSR count). The largest absolute Gasteiger partial charge is 0.352 e. The molecule has 0 radical (unpaired) electrons. The van der Waals surface area contributed by atoms with Crippen LogP contribution in [0.15, 0.2) is 48.5 Å². The van der Waals surface area contributed by atoms with E-state index in [1.807, 2.05) is 12.1 Å². The number of piperidine rings is 1. The average Bonchev–Trinajstić information content (AvgIpc) is 2.96. The Hall–Kier alpha value is -2.08. The summed E-state index contributed by atoms with van der Waals surface area (Å²) in [6, 6.07) is 15.9. The smallest absolute Gasteiger partial charge is 0.254 e. The van der Waals surface area contributed by atoms with Crippen LogP contribution in [0.5, 0.6) is 0 Å². The summed E-state index contributed by atoms with van der Waals surface area (Å²) in [6.07, 6.45) is 4.22. The molecule has 2 aromatic rings. The van der Waals surface area contributed by atoms with Crippen LogP contribution in [0.3, 0.4) is 0 Å². The first-order chi connectivity index (χ1) is 14.9. The molecule has 2 aromatic carbocycles. The fraction of sp³-hybridized carbons (Fsp3) is 0.417. The van der Waals surface area contributed by atoms with Gasteiger partial charge in [-0.2, -0.15) is 0 Å². The van der Waals surface area contributed by atoms with Crippen LogP contribution in [0.25, 0.3) is 0 Å². The molecule has 0 saturated carbocycles. The molecule has 2 fully saturated rings. The number of hydrogen-bond acceptors (Lipinski definition) is 3. The molecule has 2 aliphatic rings. The highest BCUT2D eigenvalue weighted by atomic mass is 35.5. The van der Waals surface area contributed by atoms with Crippen molar-refractivity contribution in [3.8, 4) is 0 Å². The summed E-state index contributed by atoms with van der Waals surface area (Å²) in [5.74, 6) is -0.330. The van der Waals surface area contributed by atoms with E-state index in [-0.39, 0.29) is 24.4 Å². The third-order valence-corrected chi connectivity index (χ3v) is 6.81. The Morgan fingerprint density at radius 1 is 1.03 bits per heavy atom. The Balaban J connectivity index is 1.29. The summed E-state index contributed by atoms with van der Waals surface area (Å²) < 4.78 is 0. The Morgan fingerprint density at radius 2 is 1.71 bits per heavy atom. The number of benzene rings is 2. The van der Waals surface area contributed by atoms with Gasteiger partial charge < -0.3 is 10.2 Å². The molecule has 164 valence electrons. The maximum atomic E-state index is 12.6. The Labute approximate surface area is 193 Å². The lowest BCUT2D eigenvalue weighted by Crippen LogP contribution is -2.51. The fourth-order valence-electron chi connectivity index (χ4n) is 4.85. The predicted molar refractivity (Wildman–Crippen MR) is 123 cm³/mol. The Morgan fingerprint density at radius 3 is 2.35 bits per heavy atom. The van der Waals surface area contributed by atoms with Gasteiger partial charge in [0.05, 0.1) is 6.54 Å². The van der Waals surface area contributed by atoms with Crippen molar-refractivity contribution < 1.29 is 9.59 Å². The number of rotatable bonds is 6. The molecule has 2 heterocycles. The van der Waals surface area contributed by atoms with E-state index in [0.717, 1.165) is 37.3 Å². The molecule has 2 amide bonds. The van der Waals surface area contributed by atoms with E-state index in [1.54, 1.807) is 31.3 Å². The van der Waals surface area contributed by atoms with E-state index in [4.69, 9.17) is 23.2 Å². The number of amides is 2. The summed E-state index contributed by atoms with van der Waals surface area (Å²) >= 11 is 12.0. The van der Waals surface area contributed by atoms with Gasteiger partial charge in [-0.05, 0) is 61.6 Å². The average molecular weight is 460 g/mol. The van der Waals surface area contributed by atoms with Gasteiger partial charge in [0.25, 0.3) is 5.91 Å². The van der Waals surface area contributed by atoms with Gasteiger partial charge in [-0.15, -0.1) is 0 Å². The van der Waals surface area contributed by atoms with E-state index in [0.29, 0.717) is 22.7 Å². The zero-order chi connectivity index (χ0) is 22.0. The van der Waals surface area contributed by atoms with Gasteiger partial charge in [0.1, 0.15) is 0 Å². The Kier molecular flexibility index (Phi) is 6.85. The van der Waals surface area contributed by atoms with Gasteiger partial charge in [0.15, 0.2) is 0 Å². The van der Waals surface area contributed by atoms with E-state index in [2.05, 4.69) is 22.3 Å². The molecule has 2 atom stereocenters. The highest BCUT2D eigenvalue weighted by Crippen LogP contribution is 2.37. The minimum absolute atomic E-state index is 0.0334. The third kappa shape index (κ3) is 5.40. The zero-order valence-electron chi connectivity index (χ0n) is 17.6. The molecule has 0 spiro atoms. The lowest BCUT2D eigenvalue weighted by Gasteiger charge is -2.39. The van der Waals surface area contributed by atoms with Gasteiger partial charge in [-0.3, -0.25) is 14.5 Å². The van der Waals surface area contributed by atoms with Crippen molar-refractivity contribution in [2.75, 3.05) is 13.6 Å². The minimum Gasteiger partial charge on any atom is -0.352 e. The number of likely N-dealkylation sites (N-methyl/N-ethyl adjacent to an activating group) is 1. The second-order valence-electron chi connectivity index (χ2n) is 8.59. The van der Waals surface area contributed by atoms with Gasteiger partial charge in [-0.25, -0.2) is 0 Å². The highest BCUT2D eigenvalue weighted by molar-refractivity contribution is 6.31. The number of nitrogens with zero attached hydrogens (tertiary/aromatic N) is 2. The lowest BCUT2D eigenvalue weighted by atomic mass is 9.96. The van der Waals surface area contributed by atoms with Crippen LogP contribution >= 0.6 is 23.2 Å². The Bertz CT molecular complexity index is 936. The maximum Gasteiger partial charge on any atom is 0.254 e. The normalized spacial score (nSPS) is 22.9. The third-order valence-electron chi connectivity index (χ3n) is 6.33. The number of nitrogens with one attached hydrogen (secondary N) is 1. The second kappa shape index (κ2) is 9.60. The predicted octanol–water partition coefficient (Wildman–Crippen LogP) is 4.38. The van der Waals surface area contributed by atoms with Crippen LogP contribution in [0.4, 0.5) is 0 Å². The molecule has 31 heavy (non-hydrogen) atoms. The number of fused-ring (bicyclic) bond motifs is 2. The number of hydrogen-bond donors (Lipinski definition) is 1. The molecular formula is C24H27Cl2N3O2. The topological polar surface area (TPSA) is 52.7 Å². The molecule has 5 nitrogen and oxygen atoms in total. The first-order valence-electron chi connectivity index (χ1n) is 10.7. The molecule has 0 aliphatic carbocycles. The number of carbonyl (C=O) groups excluding carboxylic acids is 2. The van der Waals surface area contributed by atoms with Crippen LogP contribution in [0, 0.1) is 0 Å². The van der Waals surface area contributed by atoms with Crippen LogP contribution in [0.2, 0.25) is 10.0 Å². The summed E-state index contributed by atoms with van der Waals surface area (Å²) in [7, 11) is 1.64. The maximum absolute atomic E-state index is 12.6. The zero-order valence-corrected chi connectivity index (χ0v) is 19.1. The van der Waals surface area contributed by atoms with Crippen molar-refractivity contribution in [3.05, 3.63) is 69.7 Å². The SMILES string of the molecule is CN(CC(=O)NC1C[C@@H]2CC[C@@H](C1)N2Cc1ccc(Cl)cc1)C(=O)c1cccc(Cl)c1. The van der Waals surface area contributed by atoms with Crippen molar-refractivity contribution in [1.29, 1.82) is 0 Å². The van der Waals surface area contributed by atoms with E-state index in [1.165, 1.54) is 10.5 Å². The van der Waals surface area contributed by atoms with Crippen LogP contribution in [-0.2, 0) is 11.3 Å². The molecule has 7 heteroatoms. The van der Waals surface area contributed by atoms with E-state index < -0.39 is 0 Å². The van der Waals surface area contributed by atoms with Crippen LogP contribution in [0.1, 0.15) is 41.6 Å². The number of carbonyl (C=O) groups is 2. The van der Waals surface area contributed by atoms with Crippen molar-refractivity contribution in [2.45, 2.75) is 50.4 Å². The summed E-state index contributed by atoms with van der Waals surface area (Å²) in [4.78, 5) is 29.2. The van der Waals surface area contributed by atoms with Crippen molar-refractivity contribution >= 4 is 35.0 Å². The summed E-state index contributed by atoms with van der Waals surface area (Å²) in [6.45, 7) is 0.954. The van der Waals surface area contributed by atoms with Crippen molar-refractivity contribution in [2.24, 2.45) is 0 Å². The monoisotopic (exact) mass is 459 g/mol. The minimum atomic E-state index is -0.212. The lowest BCUT2D eigenvalue weighted by molar-refractivity contribution is -0.122. The molecule has 0 aromatic heterocycles. The van der Waals surface area contributed by atoms with Gasteiger partial charge in [0.2, 0.25) is 5.91 Å². The highest BCUT2D eigenvalue weighted by Gasteiger charge is 2.40. The van der Waals surface area contributed by atoms with Gasteiger partial charge in [0, 0.05) is 47.3 Å².